The zero-order valence-corrected chi connectivity index (χ0v) is 15.2. The summed E-state index contributed by atoms with van der Waals surface area (Å²) in [5, 5.41) is 2.67. The van der Waals surface area contributed by atoms with E-state index >= 15 is 0 Å². The fourth-order valence-corrected chi connectivity index (χ4v) is 3.02. The number of aliphatic imine (C=N–C) groups is 1. The van der Waals surface area contributed by atoms with Crippen LogP contribution < -0.4 is 5.32 Å². The molecule has 0 fully saturated rings. The van der Waals surface area contributed by atoms with E-state index in [1.165, 1.54) is 6.07 Å². The van der Waals surface area contributed by atoms with Gasteiger partial charge >= 0.3 is 12.0 Å². The predicted molar refractivity (Wildman–Crippen MR) is 92.5 cm³/mol. The third-order valence-corrected chi connectivity index (χ3v) is 4.50. The number of ether oxygens (including phenoxy) is 1. The molecule has 1 aliphatic heterocycles. The van der Waals surface area contributed by atoms with Crippen molar-refractivity contribution in [2.45, 2.75) is 39.2 Å². The summed E-state index contributed by atoms with van der Waals surface area (Å²) in [6.45, 7) is 4.03. The van der Waals surface area contributed by atoms with E-state index in [2.05, 4.69) is 33.2 Å². The Morgan fingerprint density at radius 2 is 2.17 bits per heavy atom. The first-order chi connectivity index (χ1) is 11.4. The molecule has 0 radical (unpaired) electrons. The lowest BCUT2D eigenvalue weighted by atomic mass is 9.88. The molecule has 0 spiro atoms. The van der Waals surface area contributed by atoms with Crippen molar-refractivity contribution in [3.8, 4) is 0 Å². The first-order valence-electron chi connectivity index (χ1n) is 7.91. The third-order valence-electron chi connectivity index (χ3n) is 3.89. The molecule has 1 aliphatic rings. The zero-order chi connectivity index (χ0) is 17.7. The van der Waals surface area contributed by atoms with Crippen LogP contribution in [-0.4, -0.2) is 24.3 Å². The number of hydrogen-bond donors (Lipinski definition) is 1. The molecule has 0 bridgehead atoms. The van der Waals surface area contributed by atoms with Crippen LogP contribution in [0, 0.1) is 11.7 Å². The highest BCUT2D eigenvalue weighted by Gasteiger charge is 2.38. The van der Waals surface area contributed by atoms with Crippen LogP contribution in [0.25, 0.3) is 0 Å². The summed E-state index contributed by atoms with van der Waals surface area (Å²) in [6.07, 6.45) is 2.81. The molecule has 2 amide bonds. The molecule has 2 rings (SSSR count). The number of rotatable bonds is 6. The predicted octanol–water partition coefficient (Wildman–Crippen LogP) is 4.16. The number of urea groups is 1. The van der Waals surface area contributed by atoms with Gasteiger partial charge in [0.15, 0.2) is 0 Å². The number of unbranched alkanes of at least 4 members (excludes halogenated alkanes) is 2. The zero-order valence-electron chi connectivity index (χ0n) is 13.6. The molecule has 0 saturated heterocycles. The lowest BCUT2D eigenvalue weighted by Gasteiger charge is -2.29. The first-order valence-corrected chi connectivity index (χ1v) is 8.70. The van der Waals surface area contributed by atoms with Gasteiger partial charge < -0.3 is 10.1 Å². The van der Waals surface area contributed by atoms with Gasteiger partial charge in [-0.2, -0.15) is 0 Å². The van der Waals surface area contributed by atoms with E-state index < -0.39 is 29.8 Å². The highest BCUT2D eigenvalue weighted by molar-refractivity contribution is 9.10. The molecule has 2 atom stereocenters. The minimum absolute atomic E-state index is 0.268. The summed E-state index contributed by atoms with van der Waals surface area (Å²) < 4.78 is 19.1. The van der Waals surface area contributed by atoms with E-state index in [0.717, 1.165) is 19.3 Å². The second-order valence-corrected chi connectivity index (χ2v) is 6.56. The van der Waals surface area contributed by atoms with Crippen LogP contribution in [-0.2, 0) is 9.53 Å². The van der Waals surface area contributed by atoms with E-state index in [1.54, 1.807) is 19.1 Å². The summed E-state index contributed by atoms with van der Waals surface area (Å²) in [5.41, 5.74) is 1.01. The smallest absolute Gasteiger partial charge is 0.341 e. The van der Waals surface area contributed by atoms with Crippen LogP contribution in [0.5, 0.6) is 0 Å². The van der Waals surface area contributed by atoms with Crippen LogP contribution in [0.15, 0.2) is 27.7 Å². The number of hydrogen-bond acceptors (Lipinski definition) is 3. The van der Waals surface area contributed by atoms with Gasteiger partial charge in [0, 0.05) is 5.71 Å². The quantitative estimate of drug-likeness (QED) is 0.577. The lowest BCUT2D eigenvalue weighted by molar-refractivity contribution is -0.147. The fraction of sp³-hybridized carbons (Fsp3) is 0.471. The maximum Gasteiger partial charge on any atom is 0.341 e. The maximum absolute atomic E-state index is 13.5. The molecule has 0 aliphatic carbocycles. The SMILES string of the molecule is CCCCCOC(=O)C1C(C)=NC(=O)NC1c1ccc(F)c(Br)c1. The van der Waals surface area contributed by atoms with Crippen LogP contribution in [0.2, 0.25) is 0 Å². The van der Waals surface area contributed by atoms with Crippen LogP contribution >= 0.6 is 15.9 Å². The molecule has 1 aromatic carbocycles. The van der Waals surface area contributed by atoms with Crippen LogP contribution in [0.1, 0.15) is 44.7 Å². The van der Waals surface area contributed by atoms with Gasteiger partial charge in [0.05, 0.1) is 17.1 Å². The molecule has 130 valence electrons. The Bertz CT molecular complexity index is 663. The van der Waals surface area contributed by atoms with Crippen molar-refractivity contribution in [2.75, 3.05) is 6.61 Å². The highest BCUT2D eigenvalue weighted by atomic mass is 79.9. The highest BCUT2D eigenvalue weighted by Crippen LogP contribution is 2.30. The molecule has 0 aromatic heterocycles. The summed E-state index contributed by atoms with van der Waals surface area (Å²) in [4.78, 5) is 28.0. The first kappa shape index (κ1) is 18.6. The van der Waals surface area contributed by atoms with Crippen molar-refractivity contribution in [3.63, 3.8) is 0 Å². The van der Waals surface area contributed by atoms with Crippen molar-refractivity contribution in [2.24, 2.45) is 10.9 Å². The topological polar surface area (TPSA) is 67.8 Å². The van der Waals surface area contributed by atoms with E-state index in [1.807, 2.05) is 0 Å². The molecular formula is C17H20BrFN2O3. The van der Waals surface area contributed by atoms with Crippen molar-refractivity contribution in [1.82, 2.24) is 5.32 Å². The number of nitrogens with zero attached hydrogens (tertiary/aromatic N) is 1. The number of halogens is 2. The number of esters is 1. The van der Waals surface area contributed by atoms with E-state index in [-0.39, 0.29) is 4.47 Å². The summed E-state index contributed by atoms with van der Waals surface area (Å²) in [5.74, 6) is -1.57. The Morgan fingerprint density at radius 1 is 1.42 bits per heavy atom. The number of carbonyl (C=O) groups is 2. The number of nitrogens with one attached hydrogen (secondary N) is 1. The lowest BCUT2D eigenvalue weighted by Crippen LogP contribution is -2.44. The molecule has 1 aromatic rings. The Kier molecular flexibility index (Phi) is 6.48. The van der Waals surface area contributed by atoms with Crippen molar-refractivity contribution < 1.29 is 18.7 Å². The van der Waals surface area contributed by atoms with E-state index in [9.17, 15) is 14.0 Å². The Balaban J connectivity index is 2.22. The number of benzene rings is 1. The largest absolute Gasteiger partial charge is 0.465 e. The molecule has 24 heavy (non-hydrogen) atoms. The van der Waals surface area contributed by atoms with Gasteiger partial charge in [-0.05, 0) is 47.0 Å². The second kappa shape index (κ2) is 8.37. The summed E-state index contributed by atoms with van der Waals surface area (Å²) in [6, 6.07) is 3.23. The molecule has 0 saturated carbocycles. The van der Waals surface area contributed by atoms with Gasteiger partial charge in [-0.15, -0.1) is 0 Å². The van der Waals surface area contributed by atoms with Gasteiger partial charge in [0.25, 0.3) is 0 Å². The van der Waals surface area contributed by atoms with Gasteiger partial charge in [-0.25, -0.2) is 14.2 Å². The second-order valence-electron chi connectivity index (χ2n) is 5.71. The minimum atomic E-state index is -0.721. The normalized spacial score (nSPS) is 20.3. The Hall–Kier alpha value is -1.76. The van der Waals surface area contributed by atoms with Gasteiger partial charge in [-0.3, -0.25) is 4.79 Å². The van der Waals surface area contributed by atoms with Crippen molar-refractivity contribution in [1.29, 1.82) is 0 Å². The average Bonchev–Trinajstić information content (AvgIpc) is 2.53. The van der Waals surface area contributed by atoms with Gasteiger partial charge in [-0.1, -0.05) is 25.8 Å². The maximum atomic E-state index is 13.5. The molecule has 1 heterocycles. The molecular weight excluding hydrogens is 379 g/mol. The standard InChI is InChI=1S/C17H20BrFN2O3/c1-3-4-5-8-24-16(22)14-10(2)20-17(23)21-15(14)11-6-7-13(19)12(18)9-11/h6-7,9,14-15H,3-5,8H2,1-2H3,(H,21,23). The Labute approximate surface area is 148 Å². The van der Waals surface area contributed by atoms with E-state index in [4.69, 9.17) is 4.74 Å². The summed E-state index contributed by atoms with van der Waals surface area (Å²) >= 11 is 3.12. The van der Waals surface area contributed by atoms with Gasteiger partial charge in [0.2, 0.25) is 0 Å². The van der Waals surface area contributed by atoms with E-state index in [0.29, 0.717) is 17.9 Å². The molecule has 1 N–H and O–H groups in total. The number of amides is 2. The average molecular weight is 399 g/mol. The molecule has 5 nitrogen and oxygen atoms in total. The third kappa shape index (κ3) is 4.41. The van der Waals surface area contributed by atoms with Crippen LogP contribution in [0.3, 0.4) is 0 Å². The van der Waals surface area contributed by atoms with Crippen molar-refractivity contribution >= 4 is 33.6 Å². The van der Waals surface area contributed by atoms with Gasteiger partial charge in [0.1, 0.15) is 11.7 Å². The molecule has 2 unspecified atom stereocenters. The Morgan fingerprint density at radius 3 is 2.83 bits per heavy atom. The van der Waals surface area contributed by atoms with Crippen LogP contribution in [0.4, 0.5) is 9.18 Å². The summed E-state index contributed by atoms with van der Waals surface area (Å²) in [7, 11) is 0. The minimum Gasteiger partial charge on any atom is -0.465 e. The number of carbonyl (C=O) groups excluding carboxylic acids is 2. The van der Waals surface area contributed by atoms with Crippen molar-refractivity contribution in [3.05, 3.63) is 34.1 Å². The monoisotopic (exact) mass is 398 g/mol. The fourth-order valence-electron chi connectivity index (χ4n) is 2.62. The molecule has 7 heteroatoms.